The number of carbonyl (C=O) groups excluding carboxylic acids is 1. The van der Waals surface area contributed by atoms with E-state index in [1.807, 2.05) is 23.0 Å². The van der Waals surface area contributed by atoms with Gasteiger partial charge in [0.25, 0.3) is 0 Å². The van der Waals surface area contributed by atoms with E-state index in [9.17, 15) is 4.79 Å². The molecule has 0 spiro atoms. The van der Waals surface area contributed by atoms with Crippen LogP contribution in [0, 0.1) is 0 Å². The van der Waals surface area contributed by atoms with Crippen molar-refractivity contribution in [3.63, 3.8) is 0 Å². The summed E-state index contributed by atoms with van der Waals surface area (Å²) in [6, 6.07) is 2.03. The standard InChI is InChI=1S/C12H21N3O/c1-12(2,3)14-7-10-5-6-15(8-10)9-11(16)13-4/h5-6,8,14H,7,9H2,1-4H3,(H,13,16). The molecule has 0 radical (unpaired) electrons. The van der Waals surface area contributed by atoms with Crippen LogP contribution in [0.5, 0.6) is 0 Å². The lowest BCUT2D eigenvalue weighted by atomic mass is 10.1. The van der Waals surface area contributed by atoms with Gasteiger partial charge in [-0.15, -0.1) is 0 Å². The molecule has 1 heterocycles. The van der Waals surface area contributed by atoms with Gasteiger partial charge in [-0.05, 0) is 32.4 Å². The lowest BCUT2D eigenvalue weighted by Crippen LogP contribution is -2.34. The fraction of sp³-hybridized carbons (Fsp3) is 0.583. The predicted molar refractivity (Wildman–Crippen MR) is 65.1 cm³/mol. The van der Waals surface area contributed by atoms with Crippen molar-refractivity contribution in [2.24, 2.45) is 0 Å². The zero-order valence-electron chi connectivity index (χ0n) is 10.5. The summed E-state index contributed by atoms with van der Waals surface area (Å²) in [5, 5.41) is 6.01. The number of amides is 1. The normalized spacial score (nSPS) is 11.5. The number of hydrogen-bond acceptors (Lipinski definition) is 2. The Hall–Kier alpha value is -1.29. The first-order valence-electron chi connectivity index (χ1n) is 5.51. The molecule has 0 atom stereocenters. The highest BCUT2D eigenvalue weighted by molar-refractivity contribution is 5.75. The SMILES string of the molecule is CNC(=O)Cn1ccc(CNC(C)(C)C)c1. The smallest absolute Gasteiger partial charge is 0.239 e. The quantitative estimate of drug-likeness (QED) is 0.803. The van der Waals surface area contributed by atoms with Gasteiger partial charge in [-0.25, -0.2) is 0 Å². The van der Waals surface area contributed by atoms with Crippen LogP contribution in [0.2, 0.25) is 0 Å². The number of aromatic nitrogens is 1. The van der Waals surface area contributed by atoms with Crippen molar-refractivity contribution in [3.8, 4) is 0 Å². The molecule has 0 aliphatic carbocycles. The van der Waals surface area contributed by atoms with Crippen molar-refractivity contribution in [1.82, 2.24) is 15.2 Å². The van der Waals surface area contributed by atoms with Crippen molar-refractivity contribution in [2.45, 2.75) is 39.4 Å². The minimum atomic E-state index is 0.0194. The molecular formula is C12H21N3O. The van der Waals surface area contributed by atoms with Crippen LogP contribution in [-0.2, 0) is 17.9 Å². The van der Waals surface area contributed by atoms with E-state index in [-0.39, 0.29) is 11.4 Å². The summed E-state index contributed by atoms with van der Waals surface area (Å²) < 4.78 is 1.89. The Morgan fingerprint density at radius 3 is 2.69 bits per heavy atom. The lowest BCUT2D eigenvalue weighted by Gasteiger charge is -2.19. The largest absolute Gasteiger partial charge is 0.358 e. The summed E-state index contributed by atoms with van der Waals surface area (Å²) in [5.74, 6) is 0.0194. The third-order valence-corrected chi connectivity index (χ3v) is 2.24. The molecule has 0 aromatic carbocycles. The first kappa shape index (κ1) is 12.8. The van der Waals surface area contributed by atoms with Gasteiger partial charge in [0.05, 0.1) is 0 Å². The summed E-state index contributed by atoms with van der Waals surface area (Å²) in [7, 11) is 1.65. The van der Waals surface area contributed by atoms with Crippen LogP contribution in [0.15, 0.2) is 18.5 Å². The van der Waals surface area contributed by atoms with Crippen LogP contribution in [-0.4, -0.2) is 23.1 Å². The maximum Gasteiger partial charge on any atom is 0.239 e. The Morgan fingerprint density at radius 1 is 1.44 bits per heavy atom. The average molecular weight is 223 g/mol. The number of likely N-dealkylation sites (N-methyl/N-ethyl adjacent to an activating group) is 1. The molecule has 1 aromatic heterocycles. The van der Waals surface area contributed by atoms with Crippen LogP contribution in [0.4, 0.5) is 0 Å². The van der Waals surface area contributed by atoms with Crippen molar-refractivity contribution in [1.29, 1.82) is 0 Å². The minimum Gasteiger partial charge on any atom is -0.358 e. The van der Waals surface area contributed by atoms with Gasteiger partial charge in [-0.3, -0.25) is 4.79 Å². The zero-order valence-corrected chi connectivity index (χ0v) is 10.5. The van der Waals surface area contributed by atoms with E-state index in [0.29, 0.717) is 6.54 Å². The molecule has 0 aliphatic rings. The number of carbonyl (C=O) groups is 1. The monoisotopic (exact) mass is 223 g/mol. The number of nitrogens with zero attached hydrogens (tertiary/aromatic N) is 1. The van der Waals surface area contributed by atoms with E-state index in [0.717, 1.165) is 6.54 Å². The summed E-state index contributed by atoms with van der Waals surface area (Å²) in [4.78, 5) is 11.2. The highest BCUT2D eigenvalue weighted by Gasteiger charge is 2.09. The average Bonchev–Trinajstić information content (AvgIpc) is 2.61. The van der Waals surface area contributed by atoms with Gasteiger partial charge in [0, 0.05) is 31.5 Å². The Kier molecular flexibility index (Phi) is 4.12. The van der Waals surface area contributed by atoms with Gasteiger partial charge in [-0.2, -0.15) is 0 Å². The fourth-order valence-electron chi connectivity index (χ4n) is 1.31. The van der Waals surface area contributed by atoms with Gasteiger partial charge in [0.15, 0.2) is 0 Å². The Labute approximate surface area is 97.0 Å². The molecule has 2 N–H and O–H groups in total. The Morgan fingerprint density at radius 2 is 2.12 bits per heavy atom. The van der Waals surface area contributed by atoms with Crippen molar-refractivity contribution >= 4 is 5.91 Å². The molecule has 1 rings (SSSR count). The summed E-state index contributed by atoms with van der Waals surface area (Å²) in [5.41, 5.74) is 1.31. The molecule has 0 aliphatic heterocycles. The molecule has 0 fully saturated rings. The Bertz CT molecular complexity index is 349. The van der Waals surface area contributed by atoms with E-state index >= 15 is 0 Å². The van der Waals surface area contributed by atoms with Crippen molar-refractivity contribution in [3.05, 3.63) is 24.0 Å². The highest BCUT2D eigenvalue weighted by atomic mass is 16.1. The van der Waals surface area contributed by atoms with E-state index < -0.39 is 0 Å². The number of rotatable bonds is 4. The lowest BCUT2D eigenvalue weighted by molar-refractivity contribution is -0.121. The van der Waals surface area contributed by atoms with E-state index in [1.54, 1.807) is 7.05 Å². The van der Waals surface area contributed by atoms with E-state index in [2.05, 4.69) is 31.4 Å². The molecule has 90 valence electrons. The van der Waals surface area contributed by atoms with Gasteiger partial charge < -0.3 is 15.2 Å². The van der Waals surface area contributed by atoms with Crippen LogP contribution >= 0.6 is 0 Å². The second-order valence-electron chi connectivity index (χ2n) is 4.97. The van der Waals surface area contributed by atoms with Crippen LogP contribution in [0.25, 0.3) is 0 Å². The molecular weight excluding hydrogens is 202 g/mol. The van der Waals surface area contributed by atoms with E-state index in [1.165, 1.54) is 5.56 Å². The third-order valence-electron chi connectivity index (χ3n) is 2.24. The van der Waals surface area contributed by atoms with Crippen LogP contribution in [0.1, 0.15) is 26.3 Å². The topological polar surface area (TPSA) is 46.1 Å². The minimum absolute atomic E-state index is 0.0194. The predicted octanol–water partition coefficient (Wildman–Crippen LogP) is 1.12. The maximum atomic E-state index is 11.2. The fourth-order valence-corrected chi connectivity index (χ4v) is 1.31. The molecule has 0 unspecified atom stereocenters. The van der Waals surface area contributed by atoms with Gasteiger partial charge in [0.1, 0.15) is 6.54 Å². The first-order valence-corrected chi connectivity index (χ1v) is 5.51. The molecule has 1 aromatic rings. The van der Waals surface area contributed by atoms with Gasteiger partial charge >= 0.3 is 0 Å². The number of hydrogen-bond donors (Lipinski definition) is 2. The van der Waals surface area contributed by atoms with Crippen LogP contribution in [0.3, 0.4) is 0 Å². The van der Waals surface area contributed by atoms with Crippen molar-refractivity contribution < 1.29 is 4.79 Å². The highest BCUT2D eigenvalue weighted by Crippen LogP contribution is 2.05. The molecule has 0 saturated heterocycles. The van der Waals surface area contributed by atoms with Gasteiger partial charge in [-0.1, -0.05) is 0 Å². The maximum absolute atomic E-state index is 11.2. The summed E-state index contributed by atoms with van der Waals surface area (Å²) in [6.07, 6.45) is 3.92. The summed E-state index contributed by atoms with van der Waals surface area (Å²) in [6.45, 7) is 7.60. The number of nitrogens with one attached hydrogen (secondary N) is 2. The molecule has 0 saturated carbocycles. The Balaban J connectivity index is 2.48. The molecule has 1 amide bonds. The van der Waals surface area contributed by atoms with Crippen LogP contribution < -0.4 is 10.6 Å². The molecule has 4 nitrogen and oxygen atoms in total. The van der Waals surface area contributed by atoms with Crippen molar-refractivity contribution in [2.75, 3.05) is 7.05 Å². The second-order valence-corrected chi connectivity index (χ2v) is 4.97. The summed E-state index contributed by atoms with van der Waals surface area (Å²) >= 11 is 0. The second kappa shape index (κ2) is 5.16. The zero-order chi connectivity index (χ0) is 12.2. The third kappa shape index (κ3) is 4.49. The molecule has 16 heavy (non-hydrogen) atoms. The first-order chi connectivity index (χ1) is 7.40. The van der Waals surface area contributed by atoms with Gasteiger partial charge in [0.2, 0.25) is 5.91 Å². The van der Waals surface area contributed by atoms with E-state index in [4.69, 9.17) is 0 Å². The molecule has 0 bridgehead atoms. The molecule has 4 heteroatoms.